The monoisotopic (exact) mass is 528 g/mol. The SMILES string of the molecule is CCCCOc1ccc(C(=O)Nc2ccc(S(=O)(=O)N3CCc4ccccc43)cc2)cc1Br. The van der Waals surface area contributed by atoms with Gasteiger partial charge < -0.3 is 10.1 Å². The molecule has 1 aliphatic rings. The number of ether oxygens (including phenoxy) is 1. The Kier molecular flexibility index (Phi) is 7.05. The first-order valence-electron chi connectivity index (χ1n) is 10.8. The summed E-state index contributed by atoms with van der Waals surface area (Å²) < 4.78 is 34.1. The van der Waals surface area contributed by atoms with Crippen LogP contribution in [0.15, 0.2) is 76.1 Å². The van der Waals surface area contributed by atoms with E-state index in [1.165, 1.54) is 16.4 Å². The Morgan fingerprint density at radius 1 is 1.09 bits per heavy atom. The minimum Gasteiger partial charge on any atom is -0.492 e. The van der Waals surface area contributed by atoms with Gasteiger partial charge in [-0.05, 0) is 82.9 Å². The number of amides is 1. The molecule has 172 valence electrons. The lowest BCUT2D eigenvalue weighted by Gasteiger charge is -2.19. The standard InChI is InChI=1S/C25H25BrN2O4S/c1-2-3-16-32-24-13-8-19(17-22(24)26)25(29)27-20-9-11-21(12-10-20)33(30,31)28-15-14-18-6-4-5-7-23(18)28/h4-13,17H,2-3,14-16H2,1H3,(H,27,29). The van der Waals surface area contributed by atoms with Crippen molar-refractivity contribution in [1.29, 1.82) is 0 Å². The number of carbonyl (C=O) groups is 1. The second-order valence-corrected chi connectivity index (χ2v) is 10.5. The molecular formula is C25H25BrN2O4S. The molecular weight excluding hydrogens is 504 g/mol. The second-order valence-electron chi connectivity index (χ2n) is 7.78. The predicted octanol–water partition coefficient (Wildman–Crippen LogP) is 5.63. The number of halogens is 1. The van der Waals surface area contributed by atoms with Crippen molar-refractivity contribution in [3.8, 4) is 5.75 Å². The van der Waals surface area contributed by atoms with Crippen LogP contribution in [-0.4, -0.2) is 27.5 Å². The van der Waals surface area contributed by atoms with Crippen LogP contribution in [0.5, 0.6) is 5.75 Å². The van der Waals surface area contributed by atoms with E-state index in [0.29, 0.717) is 41.0 Å². The number of fused-ring (bicyclic) bond motifs is 1. The van der Waals surface area contributed by atoms with E-state index in [2.05, 4.69) is 28.2 Å². The van der Waals surface area contributed by atoms with Gasteiger partial charge in [-0.25, -0.2) is 8.42 Å². The van der Waals surface area contributed by atoms with Crippen LogP contribution in [0.4, 0.5) is 11.4 Å². The highest BCUT2D eigenvalue weighted by Crippen LogP contribution is 2.33. The van der Waals surface area contributed by atoms with E-state index in [1.54, 1.807) is 30.3 Å². The summed E-state index contributed by atoms with van der Waals surface area (Å²) in [5.74, 6) is 0.401. The van der Waals surface area contributed by atoms with E-state index in [-0.39, 0.29) is 10.8 Å². The number of hydrogen-bond acceptors (Lipinski definition) is 4. The first kappa shape index (κ1) is 23.3. The van der Waals surface area contributed by atoms with Crippen LogP contribution in [0.2, 0.25) is 0 Å². The van der Waals surface area contributed by atoms with Crippen molar-refractivity contribution in [2.24, 2.45) is 0 Å². The normalized spacial score (nSPS) is 13.0. The lowest BCUT2D eigenvalue weighted by atomic mass is 10.2. The topological polar surface area (TPSA) is 75.7 Å². The number of para-hydroxylation sites is 1. The molecule has 1 amide bonds. The van der Waals surface area contributed by atoms with Crippen LogP contribution >= 0.6 is 15.9 Å². The maximum Gasteiger partial charge on any atom is 0.264 e. The quantitative estimate of drug-likeness (QED) is 0.384. The molecule has 33 heavy (non-hydrogen) atoms. The molecule has 0 aromatic heterocycles. The molecule has 0 bridgehead atoms. The van der Waals surface area contributed by atoms with Gasteiger partial charge in [0.05, 0.1) is 21.7 Å². The number of benzene rings is 3. The van der Waals surface area contributed by atoms with E-state index < -0.39 is 10.0 Å². The molecule has 0 fully saturated rings. The molecule has 0 aliphatic carbocycles. The van der Waals surface area contributed by atoms with E-state index >= 15 is 0 Å². The largest absolute Gasteiger partial charge is 0.492 e. The smallest absolute Gasteiger partial charge is 0.264 e. The van der Waals surface area contributed by atoms with Crippen LogP contribution in [-0.2, 0) is 16.4 Å². The molecule has 4 rings (SSSR count). The molecule has 0 radical (unpaired) electrons. The highest BCUT2D eigenvalue weighted by molar-refractivity contribution is 9.10. The molecule has 1 aliphatic heterocycles. The molecule has 0 saturated heterocycles. The summed E-state index contributed by atoms with van der Waals surface area (Å²) in [6.07, 6.45) is 2.70. The Hall–Kier alpha value is -2.84. The number of unbranched alkanes of at least 4 members (excludes halogenated alkanes) is 1. The molecule has 1 N–H and O–H groups in total. The summed E-state index contributed by atoms with van der Waals surface area (Å²) in [5, 5.41) is 2.81. The third-order valence-corrected chi connectivity index (χ3v) is 7.94. The summed E-state index contributed by atoms with van der Waals surface area (Å²) >= 11 is 3.45. The predicted molar refractivity (Wildman–Crippen MR) is 134 cm³/mol. The Bertz CT molecular complexity index is 1260. The van der Waals surface area contributed by atoms with Gasteiger partial charge in [0.25, 0.3) is 15.9 Å². The lowest BCUT2D eigenvalue weighted by molar-refractivity contribution is 0.102. The highest BCUT2D eigenvalue weighted by atomic mass is 79.9. The number of anilines is 2. The van der Waals surface area contributed by atoms with Crippen LogP contribution < -0.4 is 14.4 Å². The first-order valence-corrected chi connectivity index (χ1v) is 13.1. The summed E-state index contributed by atoms with van der Waals surface area (Å²) in [6, 6.07) is 18.9. The molecule has 0 spiro atoms. The number of sulfonamides is 1. The van der Waals surface area contributed by atoms with Crippen LogP contribution in [0.3, 0.4) is 0 Å². The van der Waals surface area contributed by atoms with Crippen molar-refractivity contribution in [3.63, 3.8) is 0 Å². The van der Waals surface area contributed by atoms with Crippen molar-refractivity contribution in [2.75, 3.05) is 22.8 Å². The van der Waals surface area contributed by atoms with E-state index in [9.17, 15) is 13.2 Å². The summed E-state index contributed by atoms with van der Waals surface area (Å²) in [7, 11) is -3.67. The van der Waals surface area contributed by atoms with Gasteiger partial charge in [0, 0.05) is 17.8 Å². The summed E-state index contributed by atoms with van der Waals surface area (Å²) in [5.41, 5.74) is 2.73. The van der Waals surface area contributed by atoms with E-state index in [1.807, 2.05) is 24.3 Å². The van der Waals surface area contributed by atoms with Gasteiger partial charge in [-0.15, -0.1) is 0 Å². The average molecular weight is 529 g/mol. The highest BCUT2D eigenvalue weighted by Gasteiger charge is 2.30. The number of carbonyl (C=O) groups excluding carboxylic acids is 1. The maximum absolute atomic E-state index is 13.1. The number of hydrogen-bond donors (Lipinski definition) is 1. The first-order chi connectivity index (χ1) is 15.9. The van der Waals surface area contributed by atoms with Crippen molar-refractivity contribution < 1.29 is 17.9 Å². The van der Waals surface area contributed by atoms with E-state index in [0.717, 1.165) is 24.1 Å². The number of nitrogens with zero attached hydrogens (tertiary/aromatic N) is 1. The zero-order chi connectivity index (χ0) is 23.4. The molecule has 3 aromatic rings. The minimum absolute atomic E-state index is 0.188. The third-order valence-electron chi connectivity index (χ3n) is 5.49. The summed E-state index contributed by atoms with van der Waals surface area (Å²) in [4.78, 5) is 12.9. The molecule has 0 unspecified atom stereocenters. The molecule has 3 aromatic carbocycles. The molecule has 1 heterocycles. The van der Waals surface area contributed by atoms with Crippen molar-refractivity contribution in [1.82, 2.24) is 0 Å². The molecule has 0 atom stereocenters. The number of rotatable bonds is 8. The second kappa shape index (κ2) is 9.97. The Morgan fingerprint density at radius 2 is 1.85 bits per heavy atom. The Morgan fingerprint density at radius 3 is 2.58 bits per heavy atom. The number of nitrogens with one attached hydrogen (secondary N) is 1. The fourth-order valence-electron chi connectivity index (χ4n) is 3.68. The van der Waals surface area contributed by atoms with Crippen LogP contribution in [0.25, 0.3) is 0 Å². The van der Waals surface area contributed by atoms with Gasteiger partial charge in [-0.2, -0.15) is 0 Å². The molecule has 0 saturated carbocycles. The maximum atomic E-state index is 13.1. The van der Waals surface area contributed by atoms with Gasteiger partial charge >= 0.3 is 0 Å². The fraction of sp³-hybridized carbons (Fsp3) is 0.240. The van der Waals surface area contributed by atoms with Crippen LogP contribution in [0.1, 0.15) is 35.7 Å². The zero-order valence-electron chi connectivity index (χ0n) is 18.3. The summed E-state index contributed by atoms with van der Waals surface area (Å²) in [6.45, 7) is 3.14. The van der Waals surface area contributed by atoms with Crippen LogP contribution in [0, 0.1) is 0 Å². The van der Waals surface area contributed by atoms with Crippen molar-refractivity contribution in [3.05, 3.63) is 82.3 Å². The molecule has 8 heteroatoms. The van der Waals surface area contributed by atoms with E-state index in [4.69, 9.17) is 4.74 Å². The fourth-order valence-corrected chi connectivity index (χ4v) is 5.68. The van der Waals surface area contributed by atoms with Gasteiger partial charge in [-0.1, -0.05) is 31.5 Å². The Balaban J connectivity index is 1.45. The van der Waals surface area contributed by atoms with Gasteiger partial charge in [0.1, 0.15) is 5.75 Å². The minimum atomic E-state index is -3.67. The molecule has 6 nitrogen and oxygen atoms in total. The van der Waals surface area contributed by atoms with Gasteiger partial charge in [0.15, 0.2) is 0 Å². The van der Waals surface area contributed by atoms with Crippen molar-refractivity contribution in [2.45, 2.75) is 31.1 Å². The third kappa shape index (κ3) is 5.07. The Labute approximate surface area is 202 Å². The van der Waals surface area contributed by atoms with Crippen molar-refractivity contribution >= 4 is 43.2 Å². The van der Waals surface area contributed by atoms with Gasteiger partial charge in [0.2, 0.25) is 0 Å². The van der Waals surface area contributed by atoms with Gasteiger partial charge in [-0.3, -0.25) is 9.10 Å². The lowest BCUT2D eigenvalue weighted by Crippen LogP contribution is -2.29. The zero-order valence-corrected chi connectivity index (χ0v) is 20.7. The average Bonchev–Trinajstić information content (AvgIpc) is 3.26.